The van der Waals surface area contributed by atoms with Crippen molar-refractivity contribution in [1.82, 2.24) is 0 Å². The molecule has 2 aromatic rings. The predicted octanol–water partition coefficient (Wildman–Crippen LogP) is 5.31. The van der Waals surface area contributed by atoms with Crippen LogP contribution < -0.4 is 4.74 Å². The van der Waals surface area contributed by atoms with Crippen molar-refractivity contribution in [3.8, 4) is 5.75 Å². The number of carbonyl (C=O) groups is 1. The molecule has 0 unspecified atom stereocenters. The summed E-state index contributed by atoms with van der Waals surface area (Å²) in [7, 11) is -4.19. The van der Waals surface area contributed by atoms with Crippen LogP contribution in [-0.4, -0.2) is 34.0 Å². The number of hydrogen-bond donors (Lipinski definition) is 0. The highest BCUT2D eigenvalue weighted by Gasteiger charge is 2.44. The molecule has 174 valence electrons. The standard InChI is InChI=1S/C23H25ClF2O5S/c1-2-3-11-30-12-10-17(27)13-15-14-31-22-20(26)9-8-19(25)21(22)23(15)32(28,29)18-6-4-16(24)5-7-18/h4-9,15,23H,2-3,10-14H2,1H3/t15-,23+/m1/s1. The Bertz CT molecular complexity index is 1060. The minimum atomic E-state index is -4.19. The van der Waals surface area contributed by atoms with Crippen LogP contribution in [0, 0.1) is 17.6 Å². The second-order valence-corrected chi connectivity index (χ2v) is 10.2. The summed E-state index contributed by atoms with van der Waals surface area (Å²) in [5.74, 6) is -3.30. The van der Waals surface area contributed by atoms with Gasteiger partial charge in [0.2, 0.25) is 0 Å². The van der Waals surface area contributed by atoms with Crippen LogP contribution in [0.15, 0.2) is 41.3 Å². The van der Waals surface area contributed by atoms with E-state index in [1.54, 1.807) is 0 Å². The first kappa shape index (κ1) is 24.6. The molecule has 9 heteroatoms. The summed E-state index contributed by atoms with van der Waals surface area (Å²) in [4.78, 5) is 12.5. The molecule has 2 atom stereocenters. The molecule has 0 aliphatic carbocycles. The summed E-state index contributed by atoms with van der Waals surface area (Å²) in [5, 5.41) is -1.14. The maximum absolute atomic E-state index is 14.8. The summed E-state index contributed by atoms with van der Waals surface area (Å²) in [6.45, 7) is 2.56. The van der Waals surface area contributed by atoms with Gasteiger partial charge < -0.3 is 9.47 Å². The molecule has 0 bridgehead atoms. The van der Waals surface area contributed by atoms with Gasteiger partial charge in [-0.25, -0.2) is 17.2 Å². The second kappa shape index (κ2) is 10.7. The Morgan fingerprint density at radius 1 is 1.12 bits per heavy atom. The Morgan fingerprint density at radius 3 is 2.50 bits per heavy atom. The first-order valence-electron chi connectivity index (χ1n) is 10.4. The van der Waals surface area contributed by atoms with E-state index in [2.05, 4.69) is 0 Å². The topological polar surface area (TPSA) is 69.7 Å². The lowest BCUT2D eigenvalue weighted by atomic mass is 9.90. The third-order valence-corrected chi connectivity index (χ3v) is 7.85. The van der Waals surface area contributed by atoms with E-state index < -0.39 is 38.4 Å². The molecule has 5 nitrogen and oxygen atoms in total. The summed E-state index contributed by atoms with van der Waals surface area (Å²) in [6, 6.07) is 7.19. The number of ketones is 1. The zero-order valence-electron chi connectivity index (χ0n) is 17.7. The summed E-state index contributed by atoms with van der Waals surface area (Å²) in [5.41, 5.74) is -0.386. The number of hydrogen-bond acceptors (Lipinski definition) is 5. The van der Waals surface area contributed by atoms with Gasteiger partial charge in [-0.05, 0) is 42.8 Å². The van der Waals surface area contributed by atoms with Crippen molar-refractivity contribution < 1.29 is 31.5 Å². The van der Waals surface area contributed by atoms with Crippen molar-refractivity contribution >= 4 is 27.2 Å². The lowest BCUT2D eigenvalue weighted by Gasteiger charge is -2.33. The van der Waals surface area contributed by atoms with Crippen LogP contribution in [0.2, 0.25) is 5.02 Å². The molecule has 0 fully saturated rings. The number of halogens is 3. The molecule has 0 aromatic heterocycles. The van der Waals surface area contributed by atoms with Crippen molar-refractivity contribution in [3.05, 3.63) is 58.6 Å². The van der Waals surface area contributed by atoms with Gasteiger partial charge in [0.15, 0.2) is 21.4 Å². The number of Topliss-reactive ketones (excluding diaryl/α,β-unsaturated/α-hetero) is 1. The van der Waals surface area contributed by atoms with Crippen molar-refractivity contribution in [2.45, 2.75) is 42.8 Å². The number of fused-ring (bicyclic) bond motifs is 1. The van der Waals surface area contributed by atoms with E-state index in [9.17, 15) is 22.0 Å². The van der Waals surface area contributed by atoms with Gasteiger partial charge in [-0.1, -0.05) is 24.9 Å². The molecular weight excluding hydrogens is 462 g/mol. The average Bonchev–Trinajstić information content (AvgIpc) is 2.76. The number of carbonyl (C=O) groups excluding carboxylic acids is 1. The molecular formula is C23H25ClF2O5S. The van der Waals surface area contributed by atoms with Crippen molar-refractivity contribution in [3.63, 3.8) is 0 Å². The Labute approximate surface area is 191 Å². The van der Waals surface area contributed by atoms with Gasteiger partial charge in [0.05, 0.1) is 23.7 Å². The molecule has 3 rings (SSSR count). The maximum atomic E-state index is 14.8. The molecule has 0 N–H and O–H groups in total. The van der Waals surface area contributed by atoms with E-state index in [1.807, 2.05) is 6.92 Å². The number of benzene rings is 2. The number of sulfone groups is 1. The fraction of sp³-hybridized carbons (Fsp3) is 0.435. The lowest BCUT2D eigenvalue weighted by Crippen LogP contribution is -2.34. The van der Waals surface area contributed by atoms with Crippen molar-refractivity contribution in [2.75, 3.05) is 19.8 Å². The smallest absolute Gasteiger partial charge is 0.186 e. The molecule has 1 heterocycles. The van der Waals surface area contributed by atoms with Gasteiger partial charge in [0.25, 0.3) is 0 Å². The SMILES string of the molecule is CCCCOCCC(=O)C[C@@H]1COc2c(F)ccc(F)c2[C@H]1S(=O)(=O)c1ccc(Cl)cc1. The summed E-state index contributed by atoms with van der Waals surface area (Å²) < 4.78 is 67.0. The minimum absolute atomic E-state index is 0.0937. The first-order chi connectivity index (χ1) is 15.3. The Morgan fingerprint density at radius 2 is 1.81 bits per heavy atom. The Balaban J connectivity index is 1.92. The van der Waals surface area contributed by atoms with Crippen LogP contribution in [-0.2, 0) is 19.4 Å². The Hall–Kier alpha value is -2.03. The highest BCUT2D eigenvalue weighted by atomic mass is 35.5. The molecule has 0 amide bonds. The summed E-state index contributed by atoms with van der Waals surface area (Å²) >= 11 is 5.87. The van der Waals surface area contributed by atoms with E-state index in [4.69, 9.17) is 21.1 Å². The van der Waals surface area contributed by atoms with Gasteiger partial charge in [0, 0.05) is 30.4 Å². The largest absolute Gasteiger partial charge is 0.490 e. The van der Waals surface area contributed by atoms with Crippen LogP contribution >= 0.6 is 11.6 Å². The molecule has 0 saturated heterocycles. The molecule has 1 aliphatic heterocycles. The van der Waals surface area contributed by atoms with Crippen LogP contribution in [0.3, 0.4) is 0 Å². The number of unbranched alkanes of at least 4 members (excludes halogenated alkanes) is 1. The Kier molecular flexibility index (Phi) is 8.25. The van der Waals surface area contributed by atoms with Crippen molar-refractivity contribution in [2.24, 2.45) is 5.92 Å². The van der Waals surface area contributed by atoms with Gasteiger partial charge in [-0.15, -0.1) is 0 Å². The first-order valence-corrected chi connectivity index (χ1v) is 12.4. The fourth-order valence-corrected chi connectivity index (χ4v) is 5.89. The van der Waals surface area contributed by atoms with E-state index in [1.165, 1.54) is 24.3 Å². The van der Waals surface area contributed by atoms with E-state index in [-0.39, 0.29) is 42.3 Å². The number of ether oxygens (including phenoxy) is 2. The average molecular weight is 487 g/mol. The predicted molar refractivity (Wildman–Crippen MR) is 117 cm³/mol. The maximum Gasteiger partial charge on any atom is 0.186 e. The van der Waals surface area contributed by atoms with E-state index in [0.29, 0.717) is 11.6 Å². The van der Waals surface area contributed by atoms with Gasteiger partial charge in [-0.3, -0.25) is 4.79 Å². The van der Waals surface area contributed by atoms with Crippen LogP contribution in [0.25, 0.3) is 0 Å². The third kappa shape index (κ3) is 5.47. The van der Waals surface area contributed by atoms with Gasteiger partial charge in [0.1, 0.15) is 16.9 Å². The molecule has 0 radical (unpaired) electrons. The lowest BCUT2D eigenvalue weighted by molar-refractivity contribution is -0.121. The molecule has 1 aliphatic rings. The quantitative estimate of drug-likeness (QED) is 0.426. The van der Waals surface area contributed by atoms with Crippen molar-refractivity contribution in [1.29, 1.82) is 0 Å². The molecule has 0 saturated carbocycles. The van der Waals surface area contributed by atoms with E-state index >= 15 is 0 Å². The molecule has 0 spiro atoms. The summed E-state index contributed by atoms with van der Waals surface area (Å²) in [6.07, 6.45) is 1.79. The van der Waals surface area contributed by atoms with Gasteiger partial charge >= 0.3 is 0 Å². The monoisotopic (exact) mass is 486 g/mol. The minimum Gasteiger partial charge on any atom is -0.490 e. The highest BCUT2D eigenvalue weighted by Crippen LogP contribution is 2.46. The zero-order chi connectivity index (χ0) is 23.3. The molecule has 2 aromatic carbocycles. The fourth-order valence-electron chi connectivity index (χ4n) is 3.75. The highest BCUT2D eigenvalue weighted by molar-refractivity contribution is 7.91. The third-order valence-electron chi connectivity index (χ3n) is 5.38. The van der Waals surface area contributed by atoms with Gasteiger partial charge in [-0.2, -0.15) is 0 Å². The second-order valence-electron chi connectivity index (χ2n) is 7.72. The van der Waals surface area contributed by atoms with Crippen LogP contribution in [0.5, 0.6) is 5.75 Å². The molecule has 32 heavy (non-hydrogen) atoms. The van der Waals surface area contributed by atoms with E-state index in [0.717, 1.165) is 25.0 Å². The van der Waals surface area contributed by atoms with Crippen LogP contribution in [0.4, 0.5) is 8.78 Å². The van der Waals surface area contributed by atoms with Crippen LogP contribution in [0.1, 0.15) is 43.4 Å². The zero-order valence-corrected chi connectivity index (χ0v) is 19.2. The number of rotatable bonds is 10. The normalized spacial score (nSPS) is 18.1.